The van der Waals surface area contributed by atoms with E-state index in [0.717, 1.165) is 38.6 Å². The van der Waals surface area contributed by atoms with Crippen LogP contribution in [0.4, 0.5) is 5.00 Å². The maximum Gasteiger partial charge on any atom is 0.114 e. The van der Waals surface area contributed by atoms with Crippen LogP contribution in [-0.2, 0) is 6.42 Å². The van der Waals surface area contributed by atoms with Gasteiger partial charge in [-0.15, -0.1) is 11.3 Å². The summed E-state index contributed by atoms with van der Waals surface area (Å²) in [5, 5.41) is 1.86. The predicted octanol–water partition coefficient (Wildman–Crippen LogP) is 3.50. The number of anilines is 1. The first-order chi connectivity index (χ1) is 7.70. The molecule has 0 fully saturated rings. The summed E-state index contributed by atoms with van der Waals surface area (Å²) in [6.07, 6.45) is 5.60. The van der Waals surface area contributed by atoms with Gasteiger partial charge in [0.05, 0.1) is 5.01 Å². The fourth-order valence-corrected chi connectivity index (χ4v) is 2.77. The van der Waals surface area contributed by atoms with E-state index in [-0.39, 0.29) is 0 Å². The molecule has 2 heterocycles. The molecule has 0 amide bonds. The molecule has 0 saturated carbocycles. The Balaban J connectivity index is 2.40. The Labute approximate surface area is 107 Å². The Morgan fingerprint density at radius 1 is 1.44 bits per heavy atom. The number of hydrogen-bond acceptors (Lipinski definition) is 4. The number of pyridine rings is 1. The summed E-state index contributed by atoms with van der Waals surface area (Å²) in [4.78, 5) is 8.66. The van der Waals surface area contributed by atoms with Crippen LogP contribution in [0.5, 0.6) is 0 Å². The zero-order chi connectivity index (χ0) is 11.5. The van der Waals surface area contributed by atoms with Crippen molar-refractivity contribution < 1.29 is 0 Å². The van der Waals surface area contributed by atoms with Gasteiger partial charge in [0, 0.05) is 22.4 Å². The maximum atomic E-state index is 5.97. The first kappa shape index (κ1) is 11.5. The molecule has 2 aromatic heterocycles. The second-order valence-corrected chi connectivity index (χ2v) is 5.49. The number of thiazole rings is 1. The predicted molar refractivity (Wildman–Crippen MR) is 71.5 cm³/mol. The molecule has 2 rings (SSSR count). The number of halogens is 1. The third-order valence-electron chi connectivity index (χ3n) is 2.14. The Bertz CT molecular complexity index is 496. The molecule has 0 aliphatic rings. The summed E-state index contributed by atoms with van der Waals surface area (Å²) in [5.74, 6) is 0. The van der Waals surface area contributed by atoms with Gasteiger partial charge >= 0.3 is 0 Å². The number of nitrogen functional groups attached to an aromatic ring is 1. The lowest BCUT2D eigenvalue weighted by Gasteiger charge is -1.98. The molecule has 84 valence electrons. The minimum absolute atomic E-state index is 0.767. The van der Waals surface area contributed by atoms with Crippen molar-refractivity contribution in [1.82, 2.24) is 9.97 Å². The highest BCUT2D eigenvalue weighted by molar-refractivity contribution is 9.10. The van der Waals surface area contributed by atoms with Gasteiger partial charge in [0.15, 0.2) is 0 Å². The van der Waals surface area contributed by atoms with Gasteiger partial charge < -0.3 is 5.73 Å². The summed E-state index contributed by atoms with van der Waals surface area (Å²) in [6, 6.07) is 1.98. The Morgan fingerprint density at radius 2 is 2.25 bits per heavy atom. The van der Waals surface area contributed by atoms with E-state index in [1.807, 2.05) is 6.07 Å². The van der Waals surface area contributed by atoms with Crippen molar-refractivity contribution in [2.45, 2.75) is 19.8 Å². The summed E-state index contributed by atoms with van der Waals surface area (Å²) in [6.45, 7) is 2.14. The summed E-state index contributed by atoms with van der Waals surface area (Å²) in [7, 11) is 0. The number of rotatable bonds is 3. The van der Waals surface area contributed by atoms with Crippen LogP contribution in [0.3, 0.4) is 0 Å². The fourth-order valence-electron chi connectivity index (χ4n) is 1.45. The molecule has 0 aliphatic heterocycles. The molecule has 0 saturated heterocycles. The zero-order valence-electron chi connectivity index (χ0n) is 8.90. The lowest BCUT2D eigenvalue weighted by atomic mass is 10.2. The molecule has 0 radical (unpaired) electrons. The number of nitrogens with two attached hydrogens (primary N) is 1. The lowest BCUT2D eigenvalue weighted by molar-refractivity contribution is 0.910. The average Bonchev–Trinajstić information content (AvgIpc) is 2.60. The van der Waals surface area contributed by atoms with Gasteiger partial charge in [-0.2, -0.15) is 0 Å². The van der Waals surface area contributed by atoms with Crippen LogP contribution in [-0.4, -0.2) is 9.97 Å². The molecule has 16 heavy (non-hydrogen) atoms. The van der Waals surface area contributed by atoms with Crippen LogP contribution in [0.15, 0.2) is 22.9 Å². The molecule has 0 bridgehead atoms. The summed E-state index contributed by atoms with van der Waals surface area (Å²) >= 11 is 4.96. The molecule has 0 spiro atoms. The average molecular weight is 298 g/mol. The summed E-state index contributed by atoms with van der Waals surface area (Å²) < 4.78 is 0.939. The van der Waals surface area contributed by atoms with Gasteiger partial charge in [0.2, 0.25) is 0 Å². The van der Waals surface area contributed by atoms with Gasteiger partial charge in [-0.1, -0.05) is 6.92 Å². The second kappa shape index (κ2) is 4.93. The molecule has 5 heteroatoms. The van der Waals surface area contributed by atoms with Crippen molar-refractivity contribution in [2.24, 2.45) is 0 Å². The van der Waals surface area contributed by atoms with Gasteiger partial charge in [-0.05, 0) is 34.8 Å². The van der Waals surface area contributed by atoms with E-state index in [1.165, 1.54) is 0 Å². The van der Waals surface area contributed by atoms with Gasteiger partial charge in [-0.25, -0.2) is 4.98 Å². The van der Waals surface area contributed by atoms with Crippen molar-refractivity contribution in [3.8, 4) is 11.3 Å². The topological polar surface area (TPSA) is 51.8 Å². The van der Waals surface area contributed by atoms with E-state index in [9.17, 15) is 0 Å². The van der Waals surface area contributed by atoms with E-state index in [0.29, 0.717) is 0 Å². The summed E-state index contributed by atoms with van der Waals surface area (Å²) in [5.41, 5.74) is 7.78. The normalized spacial score (nSPS) is 10.6. The first-order valence-corrected chi connectivity index (χ1v) is 6.67. The highest BCUT2D eigenvalue weighted by Crippen LogP contribution is 2.31. The maximum absolute atomic E-state index is 5.97. The fraction of sp³-hybridized carbons (Fsp3) is 0.273. The quantitative estimate of drug-likeness (QED) is 0.943. The molecular weight excluding hydrogens is 286 g/mol. The van der Waals surface area contributed by atoms with Crippen molar-refractivity contribution in [2.75, 3.05) is 5.73 Å². The van der Waals surface area contributed by atoms with E-state index < -0.39 is 0 Å². The SMILES string of the molecule is CCCc1nc(-c2cncc(Br)c2)c(N)s1. The third-order valence-corrected chi connectivity index (χ3v) is 3.52. The van der Waals surface area contributed by atoms with Crippen molar-refractivity contribution in [1.29, 1.82) is 0 Å². The first-order valence-electron chi connectivity index (χ1n) is 5.06. The minimum atomic E-state index is 0.767. The third kappa shape index (κ3) is 2.41. The molecule has 3 nitrogen and oxygen atoms in total. The monoisotopic (exact) mass is 297 g/mol. The standard InChI is InChI=1S/C11H12BrN3S/c1-2-3-9-15-10(11(13)16-9)7-4-8(12)6-14-5-7/h4-6H,2-3,13H2,1H3. The number of aryl methyl sites for hydroxylation is 1. The Kier molecular flexibility index (Phi) is 3.56. The van der Waals surface area contributed by atoms with Gasteiger partial charge in [-0.3, -0.25) is 4.98 Å². The highest BCUT2D eigenvalue weighted by atomic mass is 79.9. The molecule has 2 aromatic rings. The van der Waals surface area contributed by atoms with Crippen LogP contribution in [0.2, 0.25) is 0 Å². The molecular formula is C11H12BrN3S. The zero-order valence-corrected chi connectivity index (χ0v) is 11.3. The van der Waals surface area contributed by atoms with Crippen LogP contribution >= 0.6 is 27.3 Å². The number of nitrogens with zero attached hydrogens (tertiary/aromatic N) is 2. The minimum Gasteiger partial charge on any atom is -0.389 e. The molecule has 2 N–H and O–H groups in total. The second-order valence-electron chi connectivity index (χ2n) is 3.46. The van der Waals surface area contributed by atoms with E-state index >= 15 is 0 Å². The molecule has 0 aromatic carbocycles. The van der Waals surface area contributed by atoms with Crippen LogP contribution in [0.25, 0.3) is 11.3 Å². The van der Waals surface area contributed by atoms with Crippen molar-refractivity contribution in [3.63, 3.8) is 0 Å². The molecule has 0 aliphatic carbocycles. The number of hydrogen-bond donors (Lipinski definition) is 1. The smallest absolute Gasteiger partial charge is 0.114 e. The number of aromatic nitrogens is 2. The largest absolute Gasteiger partial charge is 0.389 e. The Morgan fingerprint density at radius 3 is 2.94 bits per heavy atom. The lowest BCUT2D eigenvalue weighted by Crippen LogP contribution is -1.87. The molecule has 0 unspecified atom stereocenters. The van der Waals surface area contributed by atoms with Crippen LogP contribution in [0.1, 0.15) is 18.4 Å². The molecule has 0 atom stereocenters. The van der Waals surface area contributed by atoms with Gasteiger partial charge in [0.25, 0.3) is 0 Å². The van der Waals surface area contributed by atoms with Crippen molar-refractivity contribution >= 4 is 32.3 Å². The van der Waals surface area contributed by atoms with Crippen LogP contribution < -0.4 is 5.73 Å². The van der Waals surface area contributed by atoms with Gasteiger partial charge in [0.1, 0.15) is 10.7 Å². The van der Waals surface area contributed by atoms with E-state index in [1.54, 1.807) is 23.7 Å². The Hall–Kier alpha value is -0.940. The highest BCUT2D eigenvalue weighted by Gasteiger charge is 2.10. The van der Waals surface area contributed by atoms with E-state index in [2.05, 4.69) is 32.8 Å². The van der Waals surface area contributed by atoms with Crippen LogP contribution in [0, 0.1) is 0 Å². The van der Waals surface area contributed by atoms with Crippen molar-refractivity contribution in [3.05, 3.63) is 27.9 Å². The van der Waals surface area contributed by atoms with E-state index in [4.69, 9.17) is 5.73 Å².